The lowest BCUT2D eigenvalue weighted by Crippen LogP contribution is -2.03. The third-order valence-electron chi connectivity index (χ3n) is 0.831. The van der Waals surface area contributed by atoms with Crippen molar-refractivity contribution in [1.29, 1.82) is 0 Å². The largest absolute Gasteiger partial charge is 0.406 e. The predicted octanol–water partition coefficient (Wildman–Crippen LogP) is 1.16. The van der Waals surface area contributed by atoms with Crippen LogP contribution < -0.4 is 4.74 Å². The number of rotatable bonds is 1. The average molecular weight is 217 g/mol. The first-order chi connectivity index (χ1) is 5.18. The summed E-state index contributed by atoms with van der Waals surface area (Å²) in [7, 11) is 0. The molecule has 0 fully saturated rings. The van der Waals surface area contributed by atoms with Crippen molar-refractivity contribution in [2.45, 2.75) is 6.92 Å². The van der Waals surface area contributed by atoms with Crippen molar-refractivity contribution in [2.24, 2.45) is 0 Å². The zero-order valence-corrected chi connectivity index (χ0v) is 7.33. The number of hydrogen-bond donors (Lipinski definition) is 0. The minimum Gasteiger partial charge on any atom is -0.406 e. The Hall–Kier alpha value is -0.970. The van der Waals surface area contributed by atoms with Crippen LogP contribution in [0.2, 0.25) is 0 Å². The zero-order valence-electron chi connectivity index (χ0n) is 5.74. The van der Waals surface area contributed by atoms with Crippen LogP contribution in [0.1, 0.15) is 6.92 Å². The van der Waals surface area contributed by atoms with Gasteiger partial charge in [0.1, 0.15) is 4.60 Å². The fourth-order valence-corrected chi connectivity index (χ4v) is 0.815. The van der Waals surface area contributed by atoms with Crippen molar-refractivity contribution in [2.75, 3.05) is 0 Å². The van der Waals surface area contributed by atoms with Crippen molar-refractivity contribution >= 4 is 21.9 Å². The molecule has 0 atom stereocenters. The van der Waals surface area contributed by atoms with Crippen molar-refractivity contribution in [1.82, 2.24) is 9.97 Å². The van der Waals surface area contributed by atoms with Gasteiger partial charge in [-0.2, -0.15) is 0 Å². The molecule has 0 aliphatic rings. The molecular weight excluding hydrogens is 212 g/mol. The Morgan fingerprint density at radius 1 is 1.64 bits per heavy atom. The molecule has 0 unspecified atom stereocenters. The van der Waals surface area contributed by atoms with Crippen LogP contribution in [0.4, 0.5) is 0 Å². The maximum Gasteiger partial charge on any atom is 0.309 e. The molecular formula is C6H5BrN2O2. The first-order valence-electron chi connectivity index (χ1n) is 2.84. The zero-order chi connectivity index (χ0) is 8.27. The van der Waals surface area contributed by atoms with E-state index in [4.69, 9.17) is 0 Å². The first kappa shape index (κ1) is 8.13. The lowest BCUT2D eigenvalue weighted by Gasteiger charge is -1.97. The molecule has 1 heterocycles. The Kier molecular flexibility index (Phi) is 2.53. The van der Waals surface area contributed by atoms with Crippen molar-refractivity contribution in [3.05, 3.63) is 17.0 Å². The van der Waals surface area contributed by atoms with E-state index in [0.29, 0.717) is 4.60 Å². The summed E-state index contributed by atoms with van der Waals surface area (Å²) in [6.07, 6.45) is 2.87. The van der Waals surface area contributed by atoms with E-state index in [1.165, 1.54) is 19.3 Å². The number of hydrogen-bond acceptors (Lipinski definition) is 4. The first-order valence-corrected chi connectivity index (χ1v) is 3.64. The summed E-state index contributed by atoms with van der Waals surface area (Å²) >= 11 is 3.09. The summed E-state index contributed by atoms with van der Waals surface area (Å²) in [6.45, 7) is 1.31. The van der Waals surface area contributed by atoms with Gasteiger partial charge in [-0.3, -0.25) is 9.78 Å². The molecule has 1 aromatic rings. The topological polar surface area (TPSA) is 52.1 Å². The Balaban J connectivity index is 2.79. The Bertz CT molecular complexity index is 277. The fourth-order valence-electron chi connectivity index (χ4n) is 0.522. The summed E-state index contributed by atoms with van der Waals surface area (Å²) in [6, 6.07) is 0. The molecule has 4 nitrogen and oxygen atoms in total. The number of esters is 1. The molecule has 0 saturated heterocycles. The third kappa shape index (κ3) is 2.63. The van der Waals surface area contributed by atoms with Gasteiger partial charge in [0.2, 0.25) is 5.88 Å². The molecule has 1 aromatic heterocycles. The fraction of sp³-hybridized carbons (Fsp3) is 0.167. The SMILES string of the molecule is CC(=O)Oc1cncc(Br)n1. The van der Waals surface area contributed by atoms with E-state index in [1.807, 2.05) is 0 Å². The van der Waals surface area contributed by atoms with Gasteiger partial charge in [-0.1, -0.05) is 0 Å². The Morgan fingerprint density at radius 3 is 2.91 bits per heavy atom. The summed E-state index contributed by atoms with van der Waals surface area (Å²) in [5.41, 5.74) is 0. The van der Waals surface area contributed by atoms with Gasteiger partial charge in [-0.25, -0.2) is 4.98 Å². The standard InChI is InChI=1S/C6H5BrN2O2/c1-4(10)11-6-3-8-2-5(7)9-6/h2-3H,1H3. The van der Waals surface area contributed by atoms with Crippen LogP contribution >= 0.6 is 15.9 Å². The van der Waals surface area contributed by atoms with Crippen LogP contribution in [0.5, 0.6) is 5.88 Å². The van der Waals surface area contributed by atoms with E-state index in [9.17, 15) is 4.79 Å². The van der Waals surface area contributed by atoms with E-state index < -0.39 is 5.97 Å². The highest BCUT2D eigenvalue weighted by Gasteiger charge is 1.99. The van der Waals surface area contributed by atoms with Crippen molar-refractivity contribution in [3.8, 4) is 5.88 Å². The monoisotopic (exact) mass is 216 g/mol. The van der Waals surface area contributed by atoms with Crippen molar-refractivity contribution < 1.29 is 9.53 Å². The number of halogens is 1. The number of carbonyl (C=O) groups is 1. The van der Waals surface area contributed by atoms with Gasteiger partial charge in [0.25, 0.3) is 0 Å². The maximum absolute atomic E-state index is 10.4. The lowest BCUT2D eigenvalue weighted by atomic mass is 10.7. The molecule has 0 radical (unpaired) electrons. The lowest BCUT2D eigenvalue weighted by molar-refractivity contribution is -0.132. The molecule has 0 aromatic carbocycles. The van der Waals surface area contributed by atoms with Gasteiger partial charge in [0.05, 0.1) is 12.4 Å². The highest BCUT2D eigenvalue weighted by Crippen LogP contribution is 2.09. The van der Waals surface area contributed by atoms with E-state index in [2.05, 4.69) is 30.6 Å². The average Bonchev–Trinajstić information content (AvgIpc) is 1.85. The summed E-state index contributed by atoms with van der Waals surface area (Å²) in [5.74, 6) is -0.204. The maximum atomic E-state index is 10.4. The highest BCUT2D eigenvalue weighted by molar-refractivity contribution is 9.10. The number of ether oxygens (including phenoxy) is 1. The van der Waals surface area contributed by atoms with Crippen LogP contribution in [0.25, 0.3) is 0 Å². The van der Waals surface area contributed by atoms with Crippen LogP contribution in [0.3, 0.4) is 0 Å². The molecule has 0 bridgehead atoms. The van der Waals surface area contributed by atoms with Gasteiger partial charge >= 0.3 is 5.97 Å². The van der Waals surface area contributed by atoms with Crippen LogP contribution in [-0.4, -0.2) is 15.9 Å². The number of carbonyl (C=O) groups excluding carboxylic acids is 1. The number of aromatic nitrogens is 2. The van der Waals surface area contributed by atoms with E-state index in [-0.39, 0.29) is 5.88 Å². The Labute approximate surface area is 71.7 Å². The summed E-state index contributed by atoms with van der Waals surface area (Å²) in [5, 5.41) is 0. The van der Waals surface area contributed by atoms with Gasteiger partial charge in [0.15, 0.2) is 0 Å². The second-order valence-electron chi connectivity index (χ2n) is 1.77. The molecule has 11 heavy (non-hydrogen) atoms. The minimum absolute atomic E-state index is 0.201. The minimum atomic E-state index is -0.405. The molecule has 5 heteroatoms. The molecule has 0 aliphatic carbocycles. The van der Waals surface area contributed by atoms with Crippen LogP contribution in [-0.2, 0) is 4.79 Å². The van der Waals surface area contributed by atoms with Crippen molar-refractivity contribution in [3.63, 3.8) is 0 Å². The summed E-state index contributed by atoms with van der Waals surface area (Å²) in [4.78, 5) is 18.0. The quantitative estimate of drug-likeness (QED) is 0.662. The second-order valence-corrected chi connectivity index (χ2v) is 2.59. The van der Waals surface area contributed by atoms with Gasteiger partial charge in [-0.15, -0.1) is 0 Å². The van der Waals surface area contributed by atoms with Gasteiger partial charge in [-0.05, 0) is 15.9 Å². The molecule has 0 saturated carbocycles. The molecule has 1 rings (SSSR count). The van der Waals surface area contributed by atoms with E-state index in [0.717, 1.165) is 0 Å². The van der Waals surface area contributed by atoms with E-state index in [1.54, 1.807) is 0 Å². The molecule has 0 spiro atoms. The second kappa shape index (κ2) is 3.43. The summed E-state index contributed by atoms with van der Waals surface area (Å²) < 4.78 is 5.19. The third-order valence-corrected chi connectivity index (χ3v) is 1.21. The Morgan fingerprint density at radius 2 is 2.36 bits per heavy atom. The molecule has 58 valence electrons. The van der Waals surface area contributed by atoms with Gasteiger partial charge < -0.3 is 4.74 Å². The molecule has 0 amide bonds. The van der Waals surface area contributed by atoms with Crippen LogP contribution in [0, 0.1) is 0 Å². The highest BCUT2D eigenvalue weighted by atomic mass is 79.9. The molecule has 0 aliphatic heterocycles. The van der Waals surface area contributed by atoms with Gasteiger partial charge in [0, 0.05) is 6.92 Å². The molecule has 0 N–H and O–H groups in total. The normalized spacial score (nSPS) is 9.27. The van der Waals surface area contributed by atoms with E-state index >= 15 is 0 Å². The van der Waals surface area contributed by atoms with Crippen LogP contribution in [0.15, 0.2) is 17.0 Å². The predicted molar refractivity (Wildman–Crippen MR) is 41.0 cm³/mol. The smallest absolute Gasteiger partial charge is 0.309 e. The number of nitrogens with zero attached hydrogens (tertiary/aromatic N) is 2.